The van der Waals surface area contributed by atoms with E-state index in [0.717, 1.165) is 0 Å². The minimum atomic E-state index is -0.441. The molecular formula is C19H16FN3O2. The number of nitrogens with zero attached hydrogens (tertiary/aromatic N) is 1. The molecule has 0 aliphatic carbocycles. The highest BCUT2D eigenvalue weighted by Gasteiger charge is 2.14. The van der Waals surface area contributed by atoms with Crippen LogP contribution in [0.4, 0.5) is 4.39 Å². The monoisotopic (exact) mass is 337 g/mol. The van der Waals surface area contributed by atoms with Gasteiger partial charge in [0.2, 0.25) is 5.91 Å². The van der Waals surface area contributed by atoms with Gasteiger partial charge in [-0.15, -0.1) is 0 Å². The van der Waals surface area contributed by atoms with Crippen LogP contribution in [0.15, 0.2) is 54.6 Å². The van der Waals surface area contributed by atoms with Crippen molar-refractivity contribution in [3.63, 3.8) is 0 Å². The third-order valence-electron chi connectivity index (χ3n) is 3.74. The summed E-state index contributed by atoms with van der Waals surface area (Å²) >= 11 is 0. The fraction of sp³-hybridized carbons (Fsp3) is 0.105. The predicted molar refractivity (Wildman–Crippen MR) is 93.0 cm³/mol. The second-order valence-electron chi connectivity index (χ2n) is 5.43. The SMILES string of the molecule is CCC(=O)NNC(=O)c1cc(-c2ccc(F)cc2)nc2ccccc12. The maximum Gasteiger partial charge on any atom is 0.270 e. The number of hydrazine groups is 1. The van der Waals surface area contributed by atoms with Crippen LogP contribution in [0.25, 0.3) is 22.2 Å². The van der Waals surface area contributed by atoms with E-state index in [1.807, 2.05) is 12.1 Å². The molecule has 0 unspecified atom stereocenters. The first kappa shape index (κ1) is 16.6. The molecule has 25 heavy (non-hydrogen) atoms. The molecule has 0 aliphatic rings. The lowest BCUT2D eigenvalue weighted by Crippen LogP contribution is -2.41. The van der Waals surface area contributed by atoms with Crippen molar-refractivity contribution in [1.29, 1.82) is 0 Å². The predicted octanol–water partition coefficient (Wildman–Crippen LogP) is 3.21. The molecule has 0 saturated carbocycles. The number of carbonyl (C=O) groups is 2. The number of benzene rings is 2. The van der Waals surface area contributed by atoms with Crippen LogP contribution in [-0.2, 0) is 4.79 Å². The molecular weight excluding hydrogens is 321 g/mol. The molecule has 2 amide bonds. The molecule has 1 heterocycles. The van der Waals surface area contributed by atoms with E-state index < -0.39 is 5.91 Å². The minimum Gasteiger partial charge on any atom is -0.273 e. The first-order valence-corrected chi connectivity index (χ1v) is 7.83. The Bertz CT molecular complexity index is 939. The number of pyridine rings is 1. The van der Waals surface area contributed by atoms with Crippen LogP contribution in [0.3, 0.4) is 0 Å². The van der Waals surface area contributed by atoms with E-state index in [0.29, 0.717) is 27.7 Å². The Balaban J connectivity index is 2.05. The van der Waals surface area contributed by atoms with Crippen molar-refractivity contribution in [2.75, 3.05) is 0 Å². The van der Waals surface area contributed by atoms with Gasteiger partial charge in [-0.2, -0.15) is 0 Å². The molecule has 0 fully saturated rings. The van der Waals surface area contributed by atoms with Crippen LogP contribution in [0.1, 0.15) is 23.7 Å². The van der Waals surface area contributed by atoms with E-state index in [1.54, 1.807) is 37.3 Å². The van der Waals surface area contributed by atoms with Crippen molar-refractivity contribution in [3.8, 4) is 11.3 Å². The summed E-state index contributed by atoms with van der Waals surface area (Å²) in [4.78, 5) is 28.4. The summed E-state index contributed by atoms with van der Waals surface area (Å²) in [5, 5.41) is 0.664. The van der Waals surface area contributed by atoms with Crippen molar-refractivity contribution in [3.05, 3.63) is 66.0 Å². The quantitative estimate of drug-likeness (QED) is 0.721. The van der Waals surface area contributed by atoms with Crippen LogP contribution in [0.5, 0.6) is 0 Å². The summed E-state index contributed by atoms with van der Waals surface area (Å²) in [6.07, 6.45) is 0.262. The van der Waals surface area contributed by atoms with Gasteiger partial charge in [0, 0.05) is 17.4 Å². The summed E-state index contributed by atoms with van der Waals surface area (Å²) in [6, 6.07) is 14.7. The standard InChI is InChI=1S/C19H16FN3O2/c1-2-18(24)22-23-19(25)15-11-17(12-7-9-13(20)10-8-12)21-16-6-4-3-5-14(15)16/h3-11H,2H2,1H3,(H,22,24)(H,23,25). The molecule has 2 N–H and O–H groups in total. The van der Waals surface area contributed by atoms with E-state index in [-0.39, 0.29) is 18.1 Å². The van der Waals surface area contributed by atoms with Gasteiger partial charge in [-0.25, -0.2) is 9.37 Å². The van der Waals surface area contributed by atoms with Gasteiger partial charge < -0.3 is 0 Å². The van der Waals surface area contributed by atoms with Crippen molar-refractivity contribution >= 4 is 22.7 Å². The van der Waals surface area contributed by atoms with Gasteiger partial charge in [-0.1, -0.05) is 25.1 Å². The molecule has 0 spiro atoms. The number of hydrogen-bond donors (Lipinski definition) is 2. The van der Waals surface area contributed by atoms with Gasteiger partial charge in [0.1, 0.15) is 5.82 Å². The Morgan fingerprint density at radius 3 is 2.48 bits per heavy atom. The smallest absolute Gasteiger partial charge is 0.270 e. The van der Waals surface area contributed by atoms with Gasteiger partial charge >= 0.3 is 0 Å². The van der Waals surface area contributed by atoms with Gasteiger partial charge in [-0.05, 0) is 36.4 Å². The summed E-state index contributed by atoms with van der Waals surface area (Å²) in [5.74, 6) is -1.07. The molecule has 1 aromatic heterocycles. The molecule has 0 bridgehead atoms. The summed E-state index contributed by atoms with van der Waals surface area (Å²) in [7, 11) is 0. The first-order chi connectivity index (χ1) is 12.1. The van der Waals surface area contributed by atoms with E-state index in [1.165, 1.54) is 12.1 Å². The Morgan fingerprint density at radius 1 is 1.04 bits per heavy atom. The highest BCUT2D eigenvalue weighted by Crippen LogP contribution is 2.25. The number of para-hydroxylation sites is 1. The van der Waals surface area contributed by atoms with Gasteiger partial charge in [0.05, 0.1) is 16.8 Å². The topological polar surface area (TPSA) is 71.1 Å². The molecule has 0 saturated heterocycles. The number of halogens is 1. The van der Waals surface area contributed by atoms with Crippen LogP contribution < -0.4 is 10.9 Å². The van der Waals surface area contributed by atoms with Crippen LogP contribution in [0.2, 0.25) is 0 Å². The number of nitrogens with one attached hydrogen (secondary N) is 2. The zero-order valence-electron chi connectivity index (χ0n) is 13.5. The molecule has 3 rings (SSSR count). The maximum atomic E-state index is 13.1. The highest BCUT2D eigenvalue weighted by molar-refractivity contribution is 6.07. The molecule has 5 nitrogen and oxygen atoms in total. The van der Waals surface area contributed by atoms with Crippen molar-refractivity contribution in [2.45, 2.75) is 13.3 Å². The Kier molecular flexibility index (Phi) is 4.70. The zero-order valence-corrected chi connectivity index (χ0v) is 13.5. The van der Waals surface area contributed by atoms with Gasteiger partial charge in [0.15, 0.2) is 0 Å². The van der Waals surface area contributed by atoms with E-state index in [9.17, 15) is 14.0 Å². The van der Waals surface area contributed by atoms with Crippen LogP contribution in [-0.4, -0.2) is 16.8 Å². The fourth-order valence-corrected chi connectivity index (χ4v) is 2.41. The largest absolute Gasteiger partial charge is 0.273 e. The van der Waals surface area contributed by atoms with Crippen molar-refractivity contribution in [1.82, 2.24) is 15.8 Å². The number of rotatable bonds is 3. The Morgan fingerprint density at radius 2 is 1.76 bits per heavy atom. The van der Waals surface area contributed by atoms with Crippen molar-refractivity contribution in [2.24, 2.45) is 0 Å². The minimum absolute atomic E-state index is 0.262. The second kappa shape index (κ2) is 7.09. The van der Waals surface area contributed by atoms with Crippen molar-refractivity contribution < 1.29 is 14.0 Å². The lowest BCUT2D eigenvalue weighted by Gasteiger charge is -2.11. The number of aromatic nitrogens is 1. The molecule has 0 radical (unpaired) electrons. The zero-order chi connectivity index (χ0) is 17.8. The lowest BCUT2D eigenvalue weighted by molar-refractivity contribution is -0.121. The van der Waals surface area contributed by atoms with E-state index >= 15 is 0 Å². The first-order valence-electron chi connectivity index (χ1n) is 7.83. The summed E-state index contributed by atoms with van der Waals surface area (Å²) in [5.41, 5.74) is 7.01. The average Bonchev–Trinajstić information content (AvgIpc) is 2.65. The number of fused-ring (bicyclic) bond motifs is 1. The number of carbonyl (C=O) groups excluding carboxylic acids is 2. The molecule has 2 aromatic carbocycles. The molecule has 0 atom stereocenters. The Labute approximate surface area is 143 Å². The number of amides is 2. The molecule has 6 heteroatoms. The third kappa shape index (κ3) is 3.63. The van der Waals surface area contributed by atoms with Gasteiger partial charge in [0.25, 0.3) is 5.91 Å². The Hall–Kier alpha value is -3.28. The second-order valence-corrected chi connectivity index (χ2v) is 5.43. The average molecular weight is 337 g/mol. The molecule has 0 aliphatic heterocycles. The molecule has 126 valence electrons. The fourth-order valence-electron chi connectivity index (χ4n) is 2.41. The molecule has 3 aromatic rings. The third-order valence-corrected chi connectivity index (χ3v) is 3.74. The lowest BCUT2D eigenvalue weighted by atomic mass is 10.0. The van der Waals surface area contributed by atoms with Crippen LogP contribution in [0, 0.1) is 5.82 Å². The van der Waals surface area contributed by atoms with Crippen LogP contribution >= 0.6 is 0 Å². The normalized spacial score (nSPS) is 10.5. The summed E-state index contributed by atoms with van der Waals surface area (Å²) in [6.45, 7) is 1.69. The van der Waals surface area contributed by atoms with Gasteiger partial charge in [-0.3, -0.25) is 20.4 Å². The maximum absolute atomic E-state index is 13.1. The highest BCUT2D eigenvalue weighted by atomic mass is 19.1. The summed E-state index contributed by atoms with van der Waals surface area (Å²) < 4.78 is 13.1. The van der Waals surface area contributed by atoms with E-state index in [4.69, 9.17) is 0 Å². The number of hydrogen-bond acceptors (Lipinski definition) is 3. The van der Waals surface area contributed by atoms with E-state index in [2.05, 4.69) is 15.8 Å².